The van der Waals surface area contributed by atoms with Gasteiger partial charge < -0.3 is 9.47 Å². The van der Waals surface area contributed by atoms with E-state index in [1.54, 1.807) is 18.4 Å². The third-order valence-electron chi connectivity index (χ3n) is 6.41. The summed E-state index contributed by atoms with van der Waals surface area (Å²) in [6.07, 6.45) is 1.90. The van der Waals surface area contributed by atoms with Crippen LogP contribution >= 0.6 is 11.3 Å². The number of thiazole rings is 1. The number of aromatic nitrogens is 1. The van der Waals surface area contributed by atoms with Crippen molar-refractivity contribution in [1.29, 1.82) is 0 Å². The van der Waals surface area contributed by atoms with Crippen LogP contribution in [0.4, 0.5) is 0 Å². The zero-order valence-corrected chi connectivity index (χ0v) is 22.1. The number of allylic oxidation sites excluding steroid dienone is 1. The second-order valence-electron chi connectivity index (χ2n) is 8.84. The lowest BCUT2D eigenvalue weighted by Crippen LogP contribution is -2.39. The summed E-state index contributed by atoms with van der Waals surface area (Å²) in [4.78, 5) is 32.2. The van der Waals surface area contributed by atoms with Crippen LogP contribution in [0.3, 0.4) is 0 Å². The normalized spacial score (nSPS) is 15.5. The number of ether oxygens (including phenoxy) is 2. The quantitative estimate of drug-likeness (QED) is 0.353. The van der Waals surface area contributed by atoms with Crippen LogP contribution in [-0.2, 0) is 9.53 Å². The Labute approximate surface area is 218 Å². The fourth-order valence-electron chi connectivity index (χ4n) is 4.70. The first kappa shape index (κ1) is 24.7. The number of rotatable bonds is 6. The molecule has 0 fully saturated rings. The molecule has 0 N–H and O–H groups in total. The fraction of sp³-hybridized carbons (Fsp3) is 0.233. The molecule has 1 atom stereocenters. The highest BCUT2D eigenvalue weighted by molar-refractivity contribution is 7.07. The first-order valence-electron chi connectivity index (χ1n) is 12.3. The molecule has 0 spiro atoms. The molecule has 0 radical (unpaired) electrons. The molecule has 2 heterocycles. The maximum Gasteiger partial charge on any atom is 0.338 e. The number of benzene rings is 3. The van der Waals surface area contributed by atoms with Gasteiger partial charge in [-0.3, -0.25) is 9.36 Å². The minimum Gasteiger partial charge on any atom is -0.493 e. The van der Waals surface area contributed by atoms with Gasteiger partial charge in [0.25, 0.3) is 5.56 Å². The van der Waals surface area contributed by atoms with E-state index in [0.29, 0.717) is 27.2 Å². The van der Waals surface area contributed by atoms with Crippen LogP contribution in [0.1, 0.15) is 43.5 Å². The number of carbonyl (C=O) groups excluding carboxylic acids is 1. The van der Waals surface area contributed by atoms with E-state index in [2.05, 4.69) is 4.99 Å². The summed E-state index contributed by atoms with van der Waals surface area (Å²) in [5, 5.41) is 1.99. The molecule has 0 unspecified atom stereocenters. The fourth-order valence-corrected chi connectivity index (χ4v) is 5.74. The molecule has 1 aliphatic heterocycles. The molecule has 37 heavy (non-hydrogen) atoms. The Morgan fingerprint density at radius 3 is 2.43 bits per heavy atom. The monoisotopic (exact) mass is 512 g/mol. The maximum atomic E-state index is 13.9. The summed E-state index contributed by atoms with van der Waals surface area (Å²) < 4.78 is 13.4. The van der Waals surface area contributed by atoms with Crippen molar-refractivity contribution in [1.82, 2.24) is 4.57 Å². The summed E-state index contributed by atoms with van der Waals surface area (Å²) in [5.41, 5.74) is 3.60. The molecule has 0 saturated heterocycles. The van der Waals surface area contributed by atoms with Crippen molar-refractivity contribution in [2.45, 2.75) is 33.7 Å². The Bertz CT molecular complexity index is 1710. The van der Waals surface area contributed by atoms with Crippen LogP contribution in [-0.4, -0.2) is 23.8 Å². The summed E-state index contributed by atoms with van der Waals surface area (Å²) in [6, 6.07) is 19.2. The molecule has 0 bridgehead atoms. The minimum atomic E-state index is -0.616. The van der Waals surface area contributed by atoms with Crippen molar-refractivity contribution in [3.05, 3.63) is 108 Å². The van der Waals surface area contributed by atoms with Gasteiger partial charge >= 0.3 is 5.97 Å². The summed E-state index contributed by atoms with van der Waals surface area (Å²) in [5.74, 6) is 0.354. The summed E-state index contributed by atoms with van der Waals surface area (Å²) >= 11 is 1.32. The highest BCUT2D eigenvalue weighted by Gasteiger charge is 2.33. The number of esters is 1. The lowest BCUT2D eigenvalue weighted by Gasteiger charge is -2.24. The molecule has 0 aliphatic carbocycles. The topological polar surface area (TPSA) is 69.9 Å². The van der Waals surface area contributed by atoms with Crippen LogP contribution < -0.4 is 19.6 Å². The maximum absolute atomic E-state index is 13.9. The van der Waals surface area contributed by atoms with Crippen LogP contribution in [0.2, 0.25) is 0 Å². The van der Waals surface area contributed by atoms with Gasteiger partial charge in [0.1, 0.15) is 5.75 Å². The average molecular weight is 513 g/mol. The second-order valence-corrected chi connectivity index (χ2v) is 9.85. The Morgan fingerprint density at radius 1 is 1.00 bits per heavy atom. The Kier molecular flexibility index (Phi) is 6.80. The molecule has 5 rings (SSSR count). The van der Waals surface area contributed by atoms with Crippen molar-refractivity contribution in [2.75, 3.05) is 13.2 Å². The van der Waals surface area contributed by atoms with E-state index in [-0.39, 0.29) is 12.2 Å². The number of hydrogen-bond donors (Lipinski definition) is 0. The lowest BCUT2D eigenvalue weighted by atomic mass is 9.95. The van der Waals surface area contributed by atoms with Gasteiger partial charge in [-0.2, -0.15) is 0 Å². The molecule has 6 nitrogen and oxygen atoms in total. The third kappa shape index (κ3) is 4.51. The molecule has 188 valence electrons. The Balaban J connectivity index is 1.73. The number of nitrogens with zero attached hydrogens (tertiary/aromatic N) is 2. The van der Waals surface area contributed by atoms with E-state index in [4.69, 9.17) is 9.47 Å². The first-order valence-corrected chi connectivity index (χ1v) is 13.1. The van der Waals surface area contributed by atoms with Crippen molar-refractivity contribution >= 4 is 34.2 Å². The number of hydrogen-bond acceptors (Lipinski definition) is 6. The number of fused-ring (bicyclic) bond motifs is 2. The van der Waals surface area contributed by atoms with E-state index in [1.165, 1.54) is 11.3 Å². The molecule has 1 aromatic heterocycles. The van der Waals surface area contributed by atoms with Crippen molar-refractivity contribution in [3.63, 3.8) is 0 Å². The van der Waals surface area contributed by atoms with Crippen LogP contribution in [0.15, 0.2) is 81.7 Å². The molecule has 7 heteroatoms. The van der Waals surface area contributed by atoms with Gasteiger partial charge in [0.2, 0.25) is 0 Å². The summed E-state index contributed by atoms with van der Waals surface area (Å²) in [7, 11) is 0. The van der Waals surface area contributed by atoms with Crippen LogP contribution in [0, 0.1) is 6.92 Å². The van der Waals surface area contributed by atoms with E-state index in [0.717, 1.165) is 33.2 Å². The third-order valence-corrected chi connectivity index (χ3v) is 7.40. The first-order chi connectivity index (χ1) is 17.9. The standard InChI is InChI=1S/C30H28N2O4S/c1-5-35-24-16-15-21(22-9-7-8-10-23(22)24)17-25-28(33)32-27(20-13-11-18(3)12-14-20)26(29(34)36-6-2)19(4)31-30(32)37-25/h7-17,27H,5-6H2,1-4H3/b25-17+/t27-/m1/s1. The van der Waals surface area contributed by atoms with E-state index >= 15 is 0 Å². The van der Waals surface area contributed by atoms with E-state index < -0.39 is 12.0 Å². The van der Waals surface area contributed by atoms with E-state index in [9.17, 15) is 9.59 Å². The smallest absolute Gasteiger partial charge is 0.338 e. The predicted molar refractivity (Wildman–Crippen MR) is 147 cm³/mol. The average Bonchev–Trinajstić information content (AvgIpc) is 3.19. The molecule has 1 aliphatic rings. The highest BCUT2D eigenvalue weighted by Crippen LogP contribution is 2.31. The van der Waals surface area contributed by atoms with Gasteiger partial charge in [-0.05, 0) is 56.4 Å². The van der Waals surface area contributed by atoms with Crippen LogP contribution in [0.25, 0.3) is 16.8 Å². The van der Waals surface area contributed by atoms with Gasteiger partial charge in [0, 0.05) is 5.39 Å². The molecule has 3 aromatic carbocycles. The van der Waals surface area contributed by atoms with Crippen molar-refractivity contribution in [2.24, 2.45) is 4.99 Å². The van der Waals surface area contributed by atoms with E-state index in [1.807, 2.05) is 80.6 Å². The number of carbonyl (C=O) groups is 1. The molecule has 4 aromatic rings. The summed E-state index contributed by atoms with van der Waals surface area (Å²) in [6.45, 7) is 8.34. The molecule has 0 amide bonds. The highest BCUT2D eigenvalue weighted by atomic mass is 32.1. The lowest BCUT2D eigenvalue weighted by molar-refractivity contribution is -0.139. The predicted octanol–water partition coefficient (Wildman–Crippen LogP) is 4.66. The van der Waals surface area contributed by atoms with Crippen molar-refractivity contribution < 1.29 is 14.3 Å². The van der Waals surface area contributed by atoms with Crippen LogP contribution in [0.5, 0.6) is 5.75 Å². The zero-order valence-electron chi connectivity index (χ0n) is 21.3. The Morgan fingerprint density at radius 2 is 1.73 bits per heavy atom. The van der Waals surface area contributed by atoms with Gasteiger partial charge in [-0.15, -0.1) is 0 Å². The Hall–Kier alpha value is -3.97. The second kappa shape index (κ2) is 10.2. The van der Waals surface area contributed by atoms with Gasteiger partial charge in [-0.1, -0.05) is 71.5 Å². The molecular weight excluding hydrogens is 484 g/mol. The van der Waals surface area contributed by atoms with Gasteiger partial charge in [0.15, 0.2) is 4.80 Å². The minimum absolute atomic E-state index is 0.193. The zero-order chi connectivity index (χ0) is 26.1. The SMILES string of the molecule is CCOC(=O)C1=C(C)N=c2s/c(=C/c3ccc(OCC)c4ccccc34)c(=O)n2[C@@H]1c1ccc(C)cc1. The largest absolute Gasteiger partial charge is 0.493 e. The van der Waals surface area contributed by atoms with Crippen molar-refractivity contribution in [3.8, 4) is 5.75 Å². The van der Waals surface area contributed by atoms with Gasteiger partial charge in [0.05, 0.1) is 35.1 Å². The van der Waals surface area contributed by atoms with Gasteiger partial charge in [-0.25, -0.2) is 9.79 Å². The number of aryl methyl sites for hydroxylation is 1. The molecular formula is C30H28N2O4S. The molecule has 0 saturated carbocycles.